The highest BCUT2D eigenvalue weighted by atomic mass is 15.4. The van der Waals surface area contributed by atoms with E-state index in [-0.39, 0.29) is 0 Å². The van der Waals surface area contributed by atoms with Gasteiger partial charge in [-0.3, -0.25) is 4.68 Å². The van der Waals surface area contributed by atoms with Gasteiger partial charge in [-0.15, -0.1) is 5.10 Å². The number of hydrogen-bond donors (Lipinski definition) is 1. The molecule has 78 valence electrons. The maximum atomic E-state index is 4.22. The zero-order chi connectivity index (χ0) is 10.3. The molecule has 1 aromatic rings. The van der Waals surface area contributed by atoms with Crippen LogP contribution in [0.4, 0.5) is 0 Å². The molecule has 1 aliphatic carbocycles. The molecule has 0 fully saturated rings. The van der Waals surface area contributed by atoms with Gasteiger partial charge in [-0.25, -0.2) is 0 Å². The Balaban J connectivity index is 2.43. The van der Waals surface area contributed by atoms with Crippen LogP contribution in [0.3, 0.4) is 0 Å². The minimum atomic E-state index is 0.343. The monoisotopic (exact) mass is 194 g/mol. The molecule has 1 aliphatic rings. The molecule has 0 saturated carbocycles. The number of nitrogens with zero attached hydrogens (tertiary/aromatic N) is 3. The molecule has 1 heterocycles. The van der Waals surface area contributed by atoms with E-state index in [9.17, 15) is 0 Å². The third-order valence-corrected chi connectivity index (χ3v) is 3.05. The summed E-state index contributed by atoms with van der Waals surface area (Å²) >= 11 is 0. The van der Waals surface area contributed by atoms with Crippen LogP contribution in [0.25, 0.3) is 0 Å². The van der Waals surface area contributed by atoms with Gasteiger partial charge in [0, 0.05) is 7.05 Å². The van der Waals surface area contributed by atoms with Crippen molar-refractivity contribution in [1.82, 2.24) is 20.3 Å². The van der Waals surface area contributed by atoms with Gasteiger partial charge >= 0.3 is 0 Å². The van der Waals surface area contributed by atoms with Gasteiger partial charge in [0.15, 0.2) is 0 Å². The van der Waals surface area contributed by atoms with E-state index in [1.165, 1.54) is 5.69 Å². The Labute approximate surface area is 84.7 Å². The third kappa shape index (κ3) is 1.43. The van der Waals surface area contributed by atoms with E-state index >= 15 is 0 Å². The summed E-state index contributed by atoms with van der Waals surface area (Å²) in [6.45, 7) is 4.60. The number of aryl methyl sites for hydroxylation is 1. The lowest BCUT2D eigenvalue weighted by atomic mass is 9.75. The van der Waals surface area contributed by atoms with Crippen molar-refractivity contribution in [2.45, 2.75) is 32.7 Å². The average molecular weight is 194 g/mol. The lowest BCUT2D eigenvalue weighted by Gasteiger charge is -2.34. The number of hydrogen-bond acceptors (Lipinski definition) is 3. The lowest BCUT2D eigenvalue weighted by Crippen LogP contribution is -2.32. The van der Waals surface area contributed by atoms with E-state index in [0.29, 0.717) is 11.5 Å². The Bertz CT molecular complexity index is 340. The Morgan fingerprint density at radius 3 is 2.86 bits per heavy atom. The molecule has 1 N–H and O–H groups in total. The van der Waals surface area contributed by atoms with Gasteiger partial charge in [-0.1, -0.05) is 19.1 Å². The molecule has 2 rings (SSSR count). The zero-order valence-electron chi connectivity index (χ0n) is 9.33. The molecule has 4 heteroatoms. The summed E-state index contributed by atoms with van der Waals surface area (Å²) in [5, 5.41) is 11.6. The second kappa shape index (κ2) is 3.05. The number of rotatable bonds is 1. The van der Waals surface area contributed by atoms with Crippen LogP contribution in [-0.2, 0) is 13.5 Å². The molecule has 0 bridgehead atoms. The summed E-state index contributed by atoms with van der Waals surface area (Å²) in [7, 11) is 3.96. The van der Waals surface area contributed by atoms with E-state index in [1.54, 1.807) is 0 Å². The average Bonchev–Trinajstić information content (AvgIpc) is 2.45. The van der Waals surface area contributed by atoms with Crippen LogP contribution >= 0.6 is 0 Å². The highest BCUT2D eigenvalue weighted by Crippen LogP contribution is 2.39. The van der Waals surface area contributed by atoms with Gasteiger partial charge in [-0.05, 0) is 25.3 Å². The molecule has 0 spiro atoms. The van der Waals surface area contributed by atoms with Crippen molar-refractivity contribution in [2.24, 2.45) is 12.5 Å². The third-order valence-electron chi connectivity index (χ3n) is 3.05. The molecule has 0 radical (unpaired) electrons. The SMILES string of the molecule is CNC1CC(C)(C)Cc2c1nnn2C. The van der Waals surface area contributed by atoms with Gasteiger partial charge in [0.05, 0.1) is 11.7 Å². The minimum Gasteiger partial charge on any atom is -0.312 e. The summed E-state index contributed by atoms with van der Waals surface area (Å²) in [6.07, 6.45) is 2.21. The number of nitrogens with one attached hydrogen (secondary N) is 1. The summed E-state index contributed by atoms with van der Waals surface area (Å²) < 4.78 is 1.90. The first-order valence-corrected chi connectivity index (χ1v) is 5.09. The predicted octanol–water partition coefficient (Wildman–Crippen LogP) is 1.05. The largest absolute Gasteiger partial charge is 0.312 e. The van der Waals surface area contributed by atoms with Crippen LogP contribution in [0, 0.1) is 5.41 Å². The summed E-state index contributed by atoms with van der Waals surface area (Å²) in [4.78, 5) is 0. The van der Waals surface area contributed by atoms with Crippen LogP contribution in [0.1, 0.15) is 37.7 Å². The summed E-state index contributed by atoms with van der Waals surface area (Å²) in [5.41, 5.74) is 2.76. The van der Waals surface area contributed by atoms with Crippen molar-refractivity contribution in [3.8, 4) is 0 Å². The van der Waals surface area contributed by atoms with Crippen molar-refractivity contribution in [3.05, 3.63) is 11.4 Å². The van der Waals surface area contributed by atoms with E-state index in [1.807, 2.05) is 18.8 Å². The highest BCUT2D eigenvalue weighted by Gasteiger charge is 2.34. The Hall–Kier alpha value is -0.900. The first-order valence-electron chi connectivity index (χ1n) is 5.09. The summed E-state index contributed by atoms with van der Waals surface area (Å²) in [6, 6.07) is 0.363. The molecule has 1 aromatic heterocycles. The lowest BCUT2D eigenvalue weighted by molar-refractivity contribution is 0.256. The van der Waals surface area contributed by atoms with Gasteiger partial charge in [-0.2, -0.15) is 0 Å². The van der Waals surface area contributed by atoms with Gasteiger partial charge in [0.25, 0.3) is 0 Å². The van der Waals surface area contributed by atoms with E-state index in [4.69, 9.17) is 0 Å². The van der Waals surface area contributed by atoms with Gasteiger partial charge in [0.1, 0.15) is 5.69 Å². The fourth-order valence-electron chi connectivity index (χ4n) is 2.28. The molecule has 4 nitrogen and oxygen atoms in total. The van der Waals surface area contributed by atoms with Crippen LogP contribution in [0.2, 0.25) is 0 Å². The first-order chi connectivity index (χ1) is 6.53. The zero-order valence-corrected chi connectivity index (χ0v) is 9.33. The fourth-order valence-corrected chi connectivity index (χ4v) is 2.28. The van der Waals surface area contributed by atoms with Gasteiger partial charge in [0.2, 0.25) is 0 Å². The van der Waals surface area contributed by atoms with E-state index < -0.39 is 0 Å². The Kier molecular flexibility index (Phi) is 2.10. The second-order valence-electron chi connectivity index (χ2n) is 4.93. The molecule has 14 heavy (non-hydrogen) atoms. The minimum absolute atomic E-state index is 0.343. The van der Waals surface area contributed by atoms with Crippen LogP contribution < -0.4 is 5.32 Å². The molecule has 1 atom stereocenters. The van der Waals surface area contributed by atoms with Crippen molar-refractivity contribution < 1.29 is 0 Å². The molecule has 0 saturated heterocycles. The number of fused-ring (bicyclic) bond motifs is 1. The smallest absolute Gasteiger partial charge is 0.103 e. The Morgan fingerprint density at radius 1 is 1.50 bits per heavy atom. The fraction of sp³-hybridized carbons (Fsp3) is 0.800. The molecular formula is C10H18N4. The highest BCUT2D eigenvalue weighted by molar-refractivity contribution is 5.20. The standard InChI is InChI=1S/C10H18N4/c1-10(2)5-7(11-3)9-8(6-10)14(4)13-12-9/h7,11H,5-6H2,1-4H3. The maximum absolute atomic E-state index is 4.22. The predicted molar refractivity (Wildman–Crippen MR) is 54.9 cm³/mol. The van der Waals surface area contributed by atoms with Crippen molar-refractivity contribution in [3.63, 3.8) is 0 Å². The summed E-state index contributed by atoms with van der Waals surface area (Å²) in [5.74, 6) is 0. The van der Waals surface area contributed by atoms with Crippen LogP contribution in [0.15, 0.2) is 0 Å². The van der Waals surface area contributed by atoms with Crippen LogP contribution in [0.5, 0.6) is 0 Å². The normalized spacial score (nSPS) is 24.7. The molecule has 0 amide bonds. The van der Waals surface area contributed by atoms with Crippen LogP contribution in [-0.4, -0.2) is 22.0 Å². The topological polar surface area (TPSA) is 42.7 Å². The van der Waals surface area contributed by atoms with Crippen molar-refractivity contribution in [2.75, 3.05) is 7.05 Å². The van der Waals surface area contributed by atoms with Gasteiger partial charge < -0.3 is 5.32 Å². The first kappa shape index (κ1) is 9.65. The molecular weight excluding hydrogens is 176 g/mol. The van der Waals surface area contributed by atoms with Crippen molar-refractivity contribution >= 4 is 0 Å². The van der Waals surface area contributed by atoms with E-state index in [0.717, 1.165) is 18.5 Å². The molecule has 0 aromatic carbocycles. The van der Waals surface area contributed by atoms with E-state index in [2.05, 4.69) is 29.5 Å². The Morgan fingerprint density at radius 2 is 2.21 bits per heavy atom. The number of aromatic nitrogens is 3. The quantitative estimate of drug-likeness (QED) is 0.726. The molecule has 1 unspecified atom stereocenters. The molecule has 0 aliphatic heterocycles. The van der Waals surface area contributed by atoms with Crippen molar-refractivity contribution in [1.29, 1.82) is 0 Å². The maximum Gasteiger partial charge on any atom is 0.103 e. The second-order valence-corrected chi connectivity index (χ2v) is 4.93.